The molecule has 2 aliphatic rings. The highest BCUT2D eigenvalue weighted by Gasteiger charge is 2.28. The van der Waals surface area contributed by atoms with Crippen molar-refractivity contribution in [1.82, 2.24) is 14.8 Å². The monoisotopic (exact) mass is 492 g/mol. The van der Waals surface area contributed by atoms with Crippen LogP contribution in [0, 0.1) is 0 Å². The highest BCUT2D eigenvalue weighted by Crippen LogP contribution is 2.28. The van der Waals surface area contributed by atoms with Gasteiger partial charge in [-0.15, -0.1) is 0 Å². The number of nitrogens with one attached hydrogen (secondary N) is 1. The molecule has 186 valence electrons. The topological polar surface area (TPSA) is 42.6 Å². The number of nitrogens with zero attached hydrogens (tertiary/aromatic N) is 3. The van der Waals surface area contributed by atoms with Crippen molar-refractivity contribution < 1.29 is 4.79 Å². The molecule has 0 atom stereocenters. The Hall–Kier alpha value is -2.34. The molecule has 0 radical (unpaired) electrons. The van der Waals surface area contributed by atoms with E-state index in [2.05, 4.69) is 50.1 Å². The molecule has 2 aromatic carbocycles. The number of piperazine rings is 1. The minimum absolute atomic E-state index is 0.259. The third kappa shape index (κ3) is 6.08. The van der Waals surface area contributed by atoms with Gasteiger partial charge in [0.15, 0.2) is 0 Å². The summed E-state index contributed by atoms with van der Waals surface area (Å²) in [5.74, 6) is 0.259. The first-order valence-corrected chi connectivity index (χ1v) is 13.6. The van der Waals surface area contributed by atoms with Gasteiger partial charge in [-0.25, -0.2) is 0 Å². The van der Waals surface area contributed by atoms with Gasteiger partial charge in [-0.05, 0) is 68.1 Å². The smallest absolute Gasteiger partial charge is 0.241 e. The standard InChI is InChI=1S/C29H37ClN4O/c30-24-13-14-28-27(20-24)23(21-31-28)8-7-15-32-16-18-33(19-17-32)22-29(35)34(25-9-3-1-4-10-25)26-11-5-2-6-12-26/h1,3-4,9-10,13-14,20-21,26,31H,2,5-8,11-12,15-19,22H2. The lowest BCUT2D eigenvalue weighted by Crippen LogP contribution is -2.52. The Bertz CT molecular complexity index is 1100. The number of anilines is 1. The zero-order valence-electron chi connectivity index (χ0n) is 20.6. The summed E-state index contributed by atoms with van der Waals surface area (Å²) >= 11 is 6.20. The average Bonchev–Trinajstić information content (AvgIpc) is 3.28. The molecule has 3 aromatic rings. The molecule has 6 heteroatoms. The quantitative estimate of drug-likeness (QED) is 0.436. The van der Waals surface area contributed by atoms with Crippen molar-refractivity contribution >= 4 is 34.1 Å². The van der Waals surface area contributed by atoms with Crippen LogP contribution in [0.1, 0.15) is 44.1 Å². The third-order valence-electron chi connectivity index (χ3n) is 7.72. The van der Waals surface area contributed by atoms with Gasteiger partial charge in [-0.1, -0.05) is 49.1 Å². The number of para-hydroxylation sites is 1. The van der Waals surface area contributed by atoms with Gasteiger partial charge in [0, 0.05) is 60.0 Å². The molecule has 0 spiro atoms. The molecule has 1 saturated heterocycles. The van der Waals surface area contributed by atoms with Crippen LogP contribution in [0.5, 0.6) is 0 Å². The van der Waals surface area contributed by atoms with E-state index in [0.29, 0.717) is 12.6 Å². The summed E-state index contributed by atoms with van der Waals surface area (Å²) in [4.78, 5) is 23.8. The van der Waals surface area contributed by atoms with Crippen molar-refractivity contribution in [3.8, 4) is 0 Å². The van der Waals surface area contributed by atoms with E-state index < -0.39 is 0 Å². The van der Waals surface area contributed by atoms with Crippen LogP contribution in [0.3, 0.4) is 0 Å². The molecule has 1 aliphatic carbocycles. The number of benzene rings is 2. The van der Waals surface area contributed by atoms with Gasteiger partial charge in [0.25, 0.3) is 0 Å². The molecular weight excluding hydrogens is 456 g/mol. The van der Waals surface area contributed by atoms with Crippen molar-refractivity contribution in [3.05, 3.63) is 65.3 Å². The number of carbonyl (C=O) groups excluding carboxylic acids is 1. The summed E-state index contributed by atoms with van der Waals surface area (Å²) < 4.78 is 0. The fraction of sp³-hybridized carbons (Fsp3) is 0.483. The van der Waals surface area contributed by atoms with E-state index in [1.54, 1.807) is 0 Å². The zero-order chi connectivity index (χ0) is 24.0. The van der Waals surface area contributed by atoms with Crippen LogP contribution in [-0.2, 0) is 11.2 Å². The summed E-state index contributed by atoms with van der Waals surface area (Å²) in [7, 11) is 0. The van der Waals surface area contributed by atoms with Gasteiger partial charge in [-0.3, -0.25) is 9.69 Å². The number of rotatable bonds is 8. The number of carbonyl (C=O) groups is 1. The SMILES string of the molecule is O=C(CN1CCN(CCCc2c[nH]c3ccc(Cl)cc23)CC1)N(c1ccccc1)C1CCCCC1. The molecule has 5 nitrogen and oxygen atoms in total. The predicted molar refractivity (Wildman–Crippen MR) is 145 cm³/mol. The van der Waals surface area contributed by atoms with Gasteiger partial charge < -0.3 is 14.8 Å². The fourth-order valence-electron chi connectivity index (χ4n) is 5.78. The van der Waals surface area contributed by atoms with Crippen molar-refractivity contribution in [1.29, 1.82) is 0 Å². The summed E-state index contributed by atoms with van der Waals surface area (Å²) in [5.41, 5.74) is 3.55. The van der Waals surface area contributed by atoms with E-state index in [1.807, 2.05) is 24.3 Å². The van der Waals surface area contributed by atoms with Crippen molar-refractivity contribution in [2.75, 3.05) is 44.2 Å². The molecule has 2 fully saturated rings. The lowest BCUT2D eigenvalue weighted by atomic mass is 9.93. The van der Waals surface area contributed by atoms with Crippen LogP contribution in [0.15, 0.2) is 54.7 Å². The highest BCUT2D eigenvalue weighted by molar-refractivity contribution is 6.31. The molecule has 1 aliphatic heterocycles. The predicted octanol–water partition coefficient (Wildman–Crippen LogP) is 5.74. The Kier molecular flexibility index (Phi) is 8.07. The number of aromatic nitrogens is 1. The summed E-state index contributed by atoms with van der Waals surface area (Å²) in [6, 6.07) is 16.7. The molecule has 1 amide bonds. The van der Waals surface area contributed by atoms with Gasteiger partial charge in [0.2, 0.25) is 5.91 Å². The Morgan fingerprint density at radius 2 is 1.71 bits per heavy atom. The maximum absolute atomic E-state index is 13.5. The maximum atomic E-state index is 13.5. The van der Waals surface area contributed by atoms with Gasteiger partial charge >= 0.3 is 0 Å². The Balaban J connectivity index is 1.10. The number of fused-ring (bicyclic) bond motifs is 1. The van der Waals surface area contributed by atoms with Crippen LogP contribution < -0.4 is 4.90 Å². The molecule has 5 rings (SSSR count). The number of halogens is 1. The van der Waals surface area contributed by atoms with E-state index in [-0.39, 0.29) is 5.91 Å². The van der Waals surface area contributed by atoms with E-state index in [1.165, 1.54) is 30.2 Å². The van der Waals surface area contributed by atoms with E-state index in [9.17, 15) is 4.79 Å². The van der Waals surface area contributed by atoms with Crippen molar-refractivity contribution in [3.63, 3.8) is 0 Å². The molecule has 1 N–H and O–H groups in total. The van der Waals surface area contributed by atoms with E-state index in [0.717, 1.165) is 74.6 Å². The Morgan fingerprint density at radius 3 is 2.49 bits per heavy atom. The van der Waals surface area contributed by atoms with Crippen LogP contribution in [0.4, 0.5) is 5.69 Å². The molecule has 2 heterocycles. The van der Waals surface area contributed by atoms with Crippen LogP contribution in [0.25, 0.3) is 10.9 Å². The lowest BCUT2D eigenvalue weighted by Gasteiger charge is -2.38. The minimum atomic E-state index is 0.259. The lowest BCUT2D eigenvalue weighted by molar-refractivity contribution is -0.120. The number of aryl methyl sites for hydroxylation is 1. The maximum Gasteiger partial charge on any atom is 0.241 e. The number of hydrogen-bond donors (Lipinski definition) is 1. The molecule has 0 bridgehead atoms. The third-order valence-corrected chi connectivity index (χ3v) is 7.95. The zero-order valence-corrected chi connectivity index (χ0v) is 21.3. The van der Waals surface area contributed by atoms with E-state index in [4.69, 9.17) is 11.6 Å². The second-order valence-corrected chi connectivity index (χ2v) is 10.6. The van der Waals surface area contributed by atoms with Crippen LogP contribution in [-0.4, -0.2) is 66.0 Å². The number of hydrogen-bond acceptors (Lipinski definition) is 3. The minimum Gasteiger partial charge on any atom is -0.361 e. The first kappa shape index (κ1) is 24.4. The first-order valence-electron chi connectivity index (χ1n) is 13.2. The van der Waals surface area contributed by atoms with E-state index >= 15 is 0 Å². The Labute approximate surface area is 214 Å². The average molecular weight is 493 g/mol. The number of H-pyrrole nitrogens is 1. The van der Waals surface area contributed by atoms with Crippen LogP contribution in [0.2, 0.25) is 5.02 Å². The fourth-order valence-corrected chi connectivity index (χ4v) is 5.95. The highest BCUT2D eigenvalue weighted by atomic mass is 35.5. The Morgan fingerprint density at radius 1 is 0.971 bits per heavy atom. The van der Waals surface area contributed by atoms with Crippen molar-refractivity contribution in [2.24, 2.45) is 0 Å². The number of amides is 1. The summed E-state index contributed by atoms with van der Waals surface area (Å²) in [6.45, 7) is 5.59. The van der Waals surface area contributed by atoms with Gasteiger partial charge in [-0.2, -0.15) is 0 Å². The van der Waals surface area contributed by atoms with Crippen LogP contribution >= 0.6 is 11.6 Å². The largest absolute Gasteiger partial charge is 0.361 e. The summed E-state index contributed by atoms with van der Waals surface area (Å²) in [6.07, 6.45) is 10.3. The molecule has 1 saturated carbocycles. The molecule has 1 aromatic heterocycles. The molecule has 0 unspecified atom stereocenters. The van der Waals surface area contributed by atoms with Gasteiger partial charge in [0.1, 0.15) is 0 Å². The number of aromatic amines is 1. The second-order valence-electron chi connectivity index (χ2n) is 10.1. The van der Waals surface area contributed by atoms with Crippen molar-refractivity contribution in [2.45, 2.75) is 51.0 Å². The molecular formula is C29H37ClN4O. The normalized spacial score (nSPS) is 18.2. The first-order chi connectivity index (χ1) is 17.2. The molecule has 35 heavy (non-hydrogen) atoms. The second kappa shape index (κ2) is 11.6. The summed E-state index contributed by atoms with van der Waals surface area (Å²) in [5, 5.41) is 2.03. The van der Waals surface area contributed by atoms with Gasteiger partial charge in [0.05, 0.1) is 6.54 Å².